The molecule has 7 heteroatoms. The Hall–Kier alpha value is -0.890. The minimum Gasteiger partial charge on any atom is -0.489 e. The fraction of sp³-hybridized carbons (Fsp3) is 0.562. The van der Waals surface area contributed by atoms with Crippen LogP contribution in [0, 0.1) is 5.92 Å². The van der Waals surface area contributed by atoms with E-state index in [2.05, 4.69) is 29.5 Å². The summed E-state index contributed by atoms with van der Waals surface area (Å²) in [5.74, 6) is 2.69. The summed E-state index contributed by atoms with van der Waals surface area (Å²) >= 11 is 6.29. The van der Waals surface area contributed by atoms with E-state index in [1.165, 1.54) is 0 Å². The third kappa shape index (κ3) is 6.25. The molecule has 0 atom stereocenters. The van der Waals surface area contributed by atoms with E-state index >= 15 is 0 Å². The van der Waals surface area contributed by atoms with Crippen LogP contribution in [0.3, 0.4) is 0 Å². The van der Waals surface area contributed by atoms with E-state index < -0.39 is 0 Å². The lowest BCUT2D eigenvalue weighted by Gasteiger charge is -2.15. The molecule has 0 bridgehead atoms. The zero-order valence-corrected chi connectivity index (χ0v) is 16.9. The maximum atomic E-state index is 6.29. The van der Waals surface area contributed by atoms with Crippen LogP contribution in [-0.2, 0) is 6.54 Å². The van der Waals surface area contributed by atoms with Crippen molar-refractivity contribution in [2.24, 2.45) is 10.9 Å². The molecule has 1 aromatic carbocycles. The molecule has 0 unspecified atom stereocenters. The van der Waals surface area contributed by atoms with Crippen LogP contribution in [0.1, 0.15) is 25.8 Å². The fourth-order valence-electron chi connectivity index (χ4n) is 2.09. The molecule has 1 heterocycles. The fourth-order valence-corrected chi connectivity index (χ4v) is 2.38. The molecule has 0 spiro atoms. The van der Waals surface area contributed by atoms with Gasteiger partial charge in [-0.1, -0.05) is 25.4 Å². The molecule has 0 radical (unpaired) electrons. The van der Waals surface area contributed by atoms with Gasteiger partial charge in [-0.15, -0.1) is 24.0 Å². The van der Waals surface area contributed by atoms with Gasteiger partial charge in [0.2, 0.25) is 0 Å². The van der Waals surface area contributed by atoms with Gasteiger partial charge in [0, 0.05) is 26.6 Å². The first-order valence-electron chi connectivity index (χ1n) is 7.62. The Bertz CT molecular complexity index is 538. The summed E-state index contributed by atoms with van der Waals surface area (Å²) in [6, 6.07) is 3.87. The first kappa shape index (κ1) is 20.2. The number of halogens is 2. The van der Waals surface area contributed by atoms with Gasteiger partial charge in [-0.2, -0.15) is 0 Å². The zero-order chi connectivity index (χ0) is 15.9. The summed E-state index contributed by atoms with van der Waals surface area (Å²) < 4.78 is 11.3. The number of fused-ring (bicyclic) bond motifs is 1. The molecule has 130 valence electrons. The SMILES string of the molecule is CN=C(NCc1cc(Cl)c2c(c1)OCCCO2)NCC(C)C.I. The van der Waals surface area contributed by atoms with E-state index in [4.69, 9.17) is 21.1 Å². The zero-order valence-electron chi connectivity index (χ0n) is 13.8. The van der Waals surface area contributed by atoms with E-state index in [9.17, 15) is 0 Å². The minimum atomic E-state index is 0. The van der Waals surface area contributed by atoms with Crippen molar-refractivity contribution in [3.05, 3.63) is 22.7 Å². The Morgan fingerprint density at radius 3 is 2.70 bits per heavy atom. The van der Waals surface area contributed by atoms with Gasteiger partial charge < -0.3 is 20.1 Å². The summed E-state index contributed by atoms with van der Waals surface area (Å²) in [5.41, 5.74) is 1.03. The molecule has 0 amide bonds. The van der Waals surface area contributed by atoms with Crippen molar-refractivity contribution in [3.63, 3.8) is 0 Å². The van der Waals surface area contributed by atoms with Crippen molar-refractivity contribution in [2.75, 3.05) is 26.8 Å². The molecule has 23 heavy (non-hydrogen) atoms. The molecule has 0 aromatic heterocycles. The molecular formula is C16H25ClIN3O2. The molecule has 1 aromatic rings. The van der Waals surface area contributed by atoms with Crippen LogP contribution in [0.4, 0.5) is 0 Å². The number of hydrogen-bond acceptors (Lipinski definition) is 3. The third-order valence-corrected chi connectivity index (χ3v) is 3.50. The van der Waals surface area contributed by atoms with Crippen molar-refractivity contribution in [1.82, 2.24) is 10.6 Å². The molecule has 0 fully saturated rings. The average molecular weight is 454 g/mol. The third-order valence-electron chi connectivity index (χ3n) is 3.22. The number of nitrogens with zero attached hydrogens (tertiary/aromatic N) is 1. The van der Waals surface area contributed by atoms with Crippen molar-refractivity contribution >= 4 is 41.5 Å². The van der Waals surface area contributed by atoms with Crippen LogP contribution >= 0.6 is 35.6 Å². The van der Waals surface area contributed by atoms with Crippen molar-refractivity contribution in [1.29, 1.82) is 0 Å². The van der Waals surface area contributed by atoms with Crippen LogP contribution in [0.2, 0.25) is 5.02 Å². The van der Waals surface area contributed by atoms with Crippen molar-refractivity contribution in [2.45, 2.75) is 26.8 Å². The smallest absolute Gasteiger partial charge is 0.191 e. The molecule has 5 nitrogen and oxygen atoms in total. The summed E-state index contributed by atoms with van der Waals surface area (Å²) in [6.07, 6.45) is 0.865. The highest BCUT2D eigenvalue weighted by Crippen LogP contribution is 2.37. The van der Waals surface area contributed by atoms with Gasteiger partial charge >= 0.3 is 0 Å². The van der Waals surface area contributed by atoms with E-state index in [1.807, 2.05) is 12.1 Å². The second-order valence-electron chi connectivity index (χ2n) is 5.66. The molecule has 2 N–H and O–H groups in total. The number of nitrogens with one attached hydrogen (secondary N) is 2. The largest absolute Gasteiger partial charge is 0.489 e. The van der Waals surface area contributed by atoms with E-state index in [0.29, 0.717) is 42.2 Å². The van der Waals surface area contributed by atoms with Crippen LogP contribution in [0.15, 0.2) is 17.1 Å². The Balaban J connectivity index is 0.00000264. The van der Waals surface area contributed by atoms with Gasteiger partial charge in [-0.05, 0) is 23.6 Å². The Kier molecular flexibility index (Phi) is 8.83. The lowest BCUT2D eigenvalue weighted by Crippen LogP contribution is -2.38. The van der Waals surface area contributed by atoms with E-state index in [0.717, 1.165) is 24.5 Å². The molecule has 0 aliphatic carbocycles. The molecule has 2 rings (SSSR count). The summed E-state index contributed by atoms with van der Waals surface area (Å²) in [4.78, 5) is 4.21. The number of guanidine groups is 1. The predicted molar refractivity (Wildman–Crippen MR) is 106 cm³/mol. The second-order valence-corrected chi connectivity index (χ2v) is 6.06. The summed E-state index contributed by atoms with van der Waals surface area (Å²) in [5, 5.41) is 7.14. The lowest BCUT2D eigenvalue weighted by molar-refractivity contribution is 0.297. The highest BCUT2D eigenvalue weighted by molar-refractivity contribution is 14.0. The average Bonchev–Trinajstić information content (AvgIpc) is 2.73. The van der Waals surface area contributed by atoms with Gasteiger partial charge in [0.15, 0.2) is 17.5 Å². The molecule has 1 aliphatic heterocycles. The number of rotatable bonds is 4. The minimum absolute atomic E-state index is 0. The van der Waals surface area contributed by atoms with Crippen LogP contribution < -0.4 is 20.1 Å². The number of ether oxygens (including phenoxy) is 2. The maximum absolute atomic E-state index is 6.29. The highest BCUT2D eigenvalue weighted by atomic mass is 127. The Morgan fingerprint density at radius 2 is 2.00 bits per heavy atom. The maximum Gasteiger partial charge on any atom is 0.191 e. The van der Waals surface area contributed by atoms with E-state index in [1.54, 1.807) is 7.05 Å². The first-order valence-corrected chi connectivity index (χ1v) is 8.00. The van der Waals surface area contributed by atoms with E-state index in [-0.39, 0.29) is 24.0 Å². The quantitative estimate of drug-likeness (QED) is 0.417. The Labute approximate surface area is 160 Å². The Morgan fingerprint density at radius 1 is 1.26 bits per heavy atom. The predicted octanol–water partition coefficient (Wildman–Crippen LogP) is 3.44. The topological polar surface area (TPSA) is 54.9 Å². The summed E-state index contributed by atoms with van der Waals surface area (Å²) in [6.45, 7) is 7.09. The van der Waals surface area contributed by atoms with Crippen molar-refractivity contribution in [3.8, 4) is 11.5 Å². The monoisotopic (exact) mass is 453 g/mol. The highest BCUT2D eigenvalue weighted by Gasteiger charge is 2.15. The van der Waals surface area contributed by atoms with Crippen molar-refractivity contribution < 1.29 is 9.47 Å². The van der Waals surface area contributed by atoms with Crippen LogP contribution in [0.25, 0.3) is 0 Å². The van der Waals surface area contributed by atoms with Crippen LogP contribution in [-0.4, -0.2) is 32.8 Å². The molecular weight excluding hydrogens is 429 g/mol. The molecule has 0 saturated heterocycles. The summed E-state index contributed by atoms with van der Waals surface area (Å²) in [7, 11) is 1.76. The number of aliphatic imine (C=N–C) groups is 1. The standard InChI is InChI=1S/C16H24ClN3O2.HI/c1-11(2)9-19-16(18-3)20-10-12-7-13(17)15-14(8-12)21-5-4-6-22-15;/h7-8,11H,4-6,9-10H2,1-3H3,(H2,18,19,20);1H. The normalized spacial score (nSPS) is 14.0. The first-order chi connectivity index (χ1) is 10.6. The number of benzene rings is 1. The van der Waals surface area contributed by atoms with Gasteiger partial charge in [0.05, 0.1) is 18.2 Å². The van der Waals surface area contributed by atoms with Gasteiger partial charge in [-0.25, -0.2) is 0 Å². The van der Waals surface area contributed by atoms with Gasteiger partial charge in [0.25, 0.3) is 0 Å². The van der Waals surface area contributed by atoms with Gasteiger partial charge in [-0.3, -0.25) is 4.99 Å². The molecule has 0 saturated carbocycles. The molecule has 1 aliphatic rings. The van der Waals surface area contributed by atoms with Gasteiger partial charge in [0.1, 0.15) is 0 Å². The number of hydrogen-bond donors (Lipinski definition) is 2. The van der Waals surface area contributed by atoms with Crippen LogP contribution in [0.5, 0.6) is 11.5 Å². The lowest BCUT2D eigenvalue weighted by atomic mass is 10.2. The second kappa shape index (κ2) is 10.1.